The van der Waals surface area contributed by atoms with Gasteiger partial charge in [-0.05, 0) is 43.9 Å². The number of allylic oxidation sites excluding steroid dienone is 1. The average molecular weight is 320 g/mol. The van der Waals surface area contributed by atoms with E-state index in [4.69, 9.17) is 9.47 Å². The molecule has 2 fully saturated rings. The van der Waals surface area contributed by atoms with E-state index in [0.717, 1.165) is 25.7 Å². The van der Waals surface area contributed by atoms with Crippen LogP contribution in [0, 0.1) is 22.7 Å². The highest BCUT2D eigenvalue weighted by Crippen LogP contribution is 2.70. The molecule has 0 amide bonds. The fraction of sp³-hybridized carbons (Fsp3) is 0.789. The molecule has 4 rings (SSSR count). The minimum Gasteiger partial charge on any atom is -0.465 e. The van der Waals surface area contributed by atoms with E-state index in [-0.39, 0.29) is 28.7 Å². The van der Waals surface area contributed by atoms with Crippen molar-refractivity contribution in [3.63, 3.8) is 0 Å². The zero-order valence-corrected chi connectivity index (χ0v) is 14.9. The standard InChI is InChI=1S/C19H28O4/c1-12-8-15-9-17(4,5)10-16(12)18(11-22-13(2)20)6-7-19(15,18)23-14(3)21/h8,15-16H,6-7,9-11H2,1-5H3/t15-,16-,18-,19+/m1/s1. The summed E-state index contributed by atoms with van der Waals surface area (Å²) in [6.07, 6.45) is 6.21. The van der Waals surface area contributed by atoms with E-state index in [0.29, 0.717) is 12.5 Å². The molecule has 4 nitrogen and oxygen atoms in total. The highest BCUT2D eigenvalue weighted by atomic mass is 16.6. The van der Waals surface area contributed by atoms with Gasteiger partial charge in [0.25, 0.3) is 0 Å². The Morgan fingerprint density at radius 3 is 2.39 bits per heavy atom. The first-order valence-electron chi connectivity index (χ1n) is 8.63. The van der Waals surface area contributed by atoms with Crippen molar-refractivity contribution in [3.05, 3.63) is 11.6 Å². The molecule has 0 aromatic carbocycles. The number of esters is 2. The van der Waals surface area contributed by atoms with Crippen LogP contribution in [-0.4, -0.2) is 24.1 Å². The normalized spacial score (nSPS) is 40.3. The summed E-state index contributed by atoms with van der Waals surface area (Å²) in [4.78, 5) is 23.3. The van der Waals surface area contributed by atoms with Gasteiger partial charge in [-0.1, -0.05) is 25.5 Å². The SMILES string of the molecule is CC(=O)OC[C@@]12CC[C@]1(OC(C)=O)[C@@H]1C=C(C)[C@H]2CC(C)(C)C1. The molecule has 4 heteroatoms. The van der Waals surface area contributed by atoms with Crippen LogP contribution in [0.4, 0.5) is 0 Å². The quantitative estimate of drug-likeness (QED) is 0.588. The lowest BCUT2D eigenvalue weighted by molar-refractivity contribution is -0.250. The molecule has 0 aromatic rings. The molecule has 0 N–H and O–H groups in total. The van der Waals surface area contributed by atoms with Gasteiger partial charge in [-0.15, -0.1) is 0 Å². The van der Waals surface area contributed by atoms with Gasteiger partial charge < -0.3 is 9.47 Å². The second-order valence-electron chi connectivity index (χ2n) is 8.56. The summed E-state index contributed by atoms with van der Waals surface area (Å²) in [6.45, 7) is 10.1. The number of carbonyl (C=O) groups excluding carboxylic acids is 2. The van der Waals surface area contributed by atoms with Crippen LogP contribution in [0.5, 0.6) is 0 Å². The van der Waals surface area contributed by atoms with Gasteiger partial charge in [0.1, 0.15) is 12.2 Å². The van der Waals surface area contributed by atoms with Gasteiger partial charge in [0, 0.05) is 19.8 Å². The zero-order chi connectivity index (χ0) is 17.0. The van der Waals surface area contributed by atoms with Crippen molar-refractivity contribution in [2.24, 2.45) is 22.7 Å². The molecule has 2 bridgehead atoms. The van der Waals surface area contributed by atoms with Gasteiger partial charge in [-0.25, -0.2) is 0 Å². The number of carbonyl (C=O) groups is 2. The molecule has 0 heterocycles. The largest absolute Gasteiger partial charge is 0.465 e. The minimum absolute atomic E-state index is 0.192. The van der Waals surface area contributed by atoms with Crippen LogP contribution in [0.2, 0.25) is 0 Å². The van der Waals surface area contributed by atoms with E-state index in [2.05, 4.69) is 26.8 Å². The maximum Gasteiger partial charge on any atom is 0.303 e. The highest BCUT2D eigenvalue weighted by molar-refractivity contribution is 5.68. The van der Waals surface area contributed by atoms with Crippen LogP contribution in [0.15, 0.2) is 11.6 Å². The smallest absolute Gasteiger partial charge is 0.303 e. The lowest BCUT2D eigenvalue weighted by atomic mass is 9.44. The number of rotatable bonds is 3. The summed E-state index contributed by atoms with van der Waals surface area (Å²) in [7, 11) is 0. The lowest BCUT2D eigenvalue weighted by Gasteiger charge is -2.64. The molecule has 0 saturated heterocycles. The summed E-state index contributed by atoms with van der Waals surface area (Å²) in [5.41, 5.74) is 0.820. The van der Waals surface area contributed by atoms with Crippen molar-refractivity contribution in [1.29, 1.82) is 0 Å². The van der Waals surface area contributed by atoms with E-state index in [1.165, 1.54) is 19.4 Å². The topological polar surface area (TPSA) is 52.6 Å². The molecular formula is C19H28O4. The minimum atomic E-state index is -0.494. The molecule has 0 spiro atoms. The Labute approximate surface area is 138 Å². The van der Waals surface area contributed by atoms with E-state index in [1.54, 1.807) is 0 Å². The molecule has 0 aliphatic heterocycles. The molecule has 0 aromatic heterocycles. The van der Waals surface area contributed by atoms with Crippen LogP contribution >= 0.6 is 0 Å². The summed E-state index contributed by atoms with van der Waals surface area (Å²) in [6, 6.07) is 0. The van der Waals surface area contributed by atoms with Crippen molar-refractivity contribution in [2.75, 3.05) is 6.61 Å². The number of ether oxygens (including phenoxy) is 2. The second kappa shape index (κ2) is 5.09. The third kappa shape index (κ3) is 2.33. The fourth-order valence-corrected chi connectivity index (χ4v) is 5.54. The number of hydrogen-bond acceptors (Lipinski definition) is 4. The average Bonchev–Trinajstić information content (AvgIpc) is 2.53. The molecule has 2 saturated carbocycles. The summed E-state index contributed by atoms with van der Waals surface area (Å²) in [5.74, 6) is 0.0329. The maximum atomic E-state index is 11.9. The fourth-order valence-electron chi connectivity index (χ4n) is 5.54. The van der Waals surface area contributed by atoms with Crippen molar-refractivity contribution in [2.45, 2.75) is 65.9 Å². The molecule has 0 radical (unpaired) electrons. The van der Waals surface area contributed by atoms with Gasteiger partial charge in [-0.3, -0.25) is 9.59 Å². The molecule has 23 heavy (non-hydrogen) atoms. The zero-order valence-electron chi connectivity index (χ0n) is 14.9. The molecular weight excluding hydrogens is 292 g/mol. The van der Waals surface area contributed by atoms with Gasteiger partial charge in [0.15, 0.2) is 0 Å². The monoisotopic (exact) mass is 320 g/mol. The Bertz CT molecular complexity index is 576. The summed E-state index contributed by atoms with van der Waals surface area (Å²) in [5, 5.41) is 0. The van der Waals surface area contributed by atoms with Crippen LogP contribution in [0.3, 0.4) is 0 Å². The Morgan fingerprint density at radius 2 is 1.87 bits per heavy atom. The summed E-state index contributed by atoms with van der Waals surface area (Å²) >= 11 is 0. The van der Waals surface area contributed by atoms with E-state index >= 15 is 0 Å². The maximum absolute atomic E-state index is 11.9. The molecule has 0 unspecified atom stereocenters. The van der Waals surface area contributed by atoms with Gasteiger partial charge in [-0.2, -0.15) is 0 Å². The first kappa shape index (κ1) is 16.5. The third-order valence-electron chi connectivity index (χ3n) is 6.45. The number of fused-ring (bicyclic) bond motifs is 2. The van der Waals surface area contributed by atoms with Gasteiger partial charge >= 0.3 is 11.9 Å². The van der Waals surface area contributed by atoms with Crippen LogP contribution in [0.1, 0.15) is 60.3 Å². The van der Waals surface area contributed by atoms with Crippen molar-refractivity contribution < 1.29 is 19.1 Å². The van der Waals surface area contributed by atoms with Crippen LogP contribution in [0.25, 0.3) is 0 Å². The number of hydrogen-bond donors (Lipinski definition) is 0. The molecule has 4 aliphatic carbocycles. The Balaban J connectivity index is 2.08. The molecule has 128 valence electrons. The van der Waals surface area contributed by atoms with Crippen molar-refractivity contribution in [1.82, 2.24) is 0 Å². The first-order chi connectivity index (χ1) is 10.6. The van der Waals surface area contributed by atoms with Gasteiger partial charge in [0.05, 0.1) is 5.41 Å². The highest BCUT2D eigenvalue weighted by Gasteiger charge is 2.72. The van der Waals surface area contributed by atoms with E-state index in [1.807, 2.05) is 0 Å². The van der Waals surface area contributed by atoms with Crippen LogP contribution in [-0.2, 0) is 19.1 Å². The molecule has 4 aliphatic rings. The van der Waals surface area contributed by atoms with Gasteiger partial charge in [0.2, 0.25) is 0 Å². The predicted molar refractivity (Wildman–Crippen MR) is 86.5 cm³/mol. The summed E-state index contributed by atoms with van der Waals surface area (Å²) < 4.78 is 11.5. The molecule has 4 atom stereocenters. The van der Waals surface area contributed by atoms with Crippen molar-refractivity contribution >= 4 is 11.9 Å². The second-order valence-corrected chi connectivity index (χ2v) is 8.56. The Morgan fingerprint density at radius 1 is 1.17 bits per heavy atom. The lowest BCUT2D eigenvalue weighted by Crippen LogP contribution is -2.69. The van der Waals surface area contributed by atoms with Crippen molar-refractivity contribution in [3.8, 4) is 0 Å². The third-order valence-corrected chi connectivity index (χ3v) is 6.45. The van der Waals surface area contributed by atoms with E-state index < -0.39 is 5.60 Å². The Hall–Kier alpha value is -1.32. The van der Waals surface area contributed by atoms with Crippen LogP contribution < -0.4 is 0 Å². The van der Waals surface area contributed by atoms with E-state index in [9.17, 15) is 9.59 Å². The predicted octanol–water partition coefficient (Wildman–Crippen LogP) is 3.64. The first-order valence-corrected chi connectivity index (χ1v) is 8.63. The Kier molecular flexibility index (Phi) is 3.66.